The van der Waals surface area contributed by atoms with Crippen LogP contribution in [0.1, 0.15) is 5.56 Å². The Morgan fingerprint density at radius 3 is 2.81 bits per heavy atom. The van der Waals surface area contributed by atoms with Gasteiger partial charge in [-0.15, -0.1) is 0 Å². The van der Waals surface area contributed by atoms with Crippen LogP contribution in [0, 0.1) is 11.8 Å². The molecule has 2 rings (SSSR count). The standard InChI is InChI=1S/C13H13ClN4O2S/c1-18-9-11(8-16-18)17-21(19,20)13-5-4-10(3-2-6-15)7-12(13)14/h4-5,7-9,17H,6,15H2,1H3. The highest BCUT2D eigenvalue weighted by atomic mass is 35.5. The zero-order valence-electron chi connectivity index (χ0n) is 11.2. The van der Waals surface area contributed by atoms with Crippen molar-refractivity contribution in [1.82, 2.24) is 9.78 Å². The molecule has 0 fully saturated rings. The minimum Gasteiger partial charge on any atom is -0.320 e. The van der Waals surface area contributed by atoms with Crippen molar-refractivity contribution in [2.45, 2.75) is 4.90 Å². The fraction of sp³-hybridized carbons (Fsp3) is 0.154. The molecule has 8 heteroatoms. The molecule has 0 saturated heterocycles. The van der Waals surface area contributed by atoms with E-state index in [1.807, 2.05) is 0 Å². The monoisotopic (exact) mass is 324 g/mol. The molecule has 3 N–H and O–H groups in total. The highest BCUT2D eigenvalue weighted by molar-refractivity contribution is 7.92. The van der Waals surface area contributed by atoms with Gasteiger partial charge in [0.25, 0.3) is 10.0 Å². The van der Waals surface area contributed by atoms with Crippen molar-refractivity contribution in [1.29, 1.82) is 0 Å². The van der Waals surface area contributed by atoms with Gasteiger partial charge in [-0.25, -0.2) is 8.42 Å². The molecule has 0 unspecified atom stereocenters. The molecule has 0 spiro atoms. The Morgan fingerprint density at radius 1 is 1.48 bits per heavy atom. The number of nitrogens with zero attached hydrogens (tertiary/aromatic N) is 2. The lowest BCUT2D eigenvalue weighted by Crippen LogP contribution is -2.13. The molecule has 0 aliphatic heterocycles. The predicted octanol–water partition coefficient (Wildman–Crippen LogP) is 1.18. The minimum absolute atomic E-state index is 0.0219. The van der Waals surface area contributed by atoms with Crippen LogP contribution in [0.25, 0.3) is 0 Å². The number of nitrogens with one attached hydrogen (secondary N) is 1. The third-order valence-electron chi connectivity index (χ3n) is 2.51. The number of sulfonamides is 1. The van der Waals surface area contributed by atoms with Crippen molar-refractivity contribution >= 4 is 27.3 Å². The van der Waals surface area contributed by atoms with E-state index >= 15 is 0 Å². The number of aryl methyl sites for hydroxylation is 1. The van der Waals surface area contributed by atoms with E-state index in [4.69, 9.17) is 17.3 Å². The Morgan fingerprint density at radius 2 is 2.24 bits per heavy atom. The van der Waals surface area contributed by atoms with Crippen LogP contribution in [0.2, 0.25) is 5.02 Å². The maximum absolute atomic E-state index is 12.3. The van der Waals surface area contributed by atoms with Gasteiger partial charge in [0.2, 0.25) is 0 Å². The van der Waals surface area contributed by atoms with E-state index in [2.05, 4.69) is 21.7 Å². The normalized spacial score (nSPS) is 10.8. The van der Waals surface area contributed by atoms with Crippen molar-refractivity contribution in [3.8, 4) is 11.8 Å². The maximum atomic E-state index is 12.3. The van der Waals surface area contributed by atoms with E-state index in [1.54, 1.807) is 19.3 Å². The molecule has 0 radical (unpaired) electrons. The van der Waals surface area contributed by atoms with Crippen LogP contribution in [-0.2, 0) is 17.1 Å². The fourth-order valence-electron chi connectivity index (χ4n) is 1.63. The molecule has 0 aliphatic rings. The Kier molecular flexibility index (Phi) is 4.53. The Hall–Kier alpha value is -2.01. The number of hydrogen-bond acceptors (Lipinski definition) is 4. The summed E-state index contributed by atoms with van der Waals surface area (Å²) in [5, 5.41) is 3.98. The fourth-order valence-corrected chi connectivity index (χ4v) is 3.21. The summed E-state index contributed by atoms with van der Waals surface area (Å²) < 4.78 is 28.4. The van der Waals surface area contributed by atoms with E-state index < -0.39 is 10.0 Å². The van der Waals surface area contributed by atoms with Crippen LogP contribution >= 0.6 is 11.6 Å². The van der Waals surface area contributed by atoms with Crippen LogP contribution in [0.15, 0.2) is 35.5 Å². The van der Waals surface area contributed by atoms with Crippen molar-refractivity contribution in [3.05, 3.63) is 41.2 Å². The first-order chi connectivity index (χ1) is 9.92. The molecule has 21 heavy (non-hydrogen) atoms. The first kappa shape index (κ1) is 15.4. The van der Waals surface area contributed by atoms with Gasteiger partial charge >= 0.3 is 0 Å². The molecule has 0 atom stereocenters. The highest BCUT2D eigenvalue weighted by Crippen LogP contribution is 2.24. The van der Waals surface area contributed by atoms with Gasteiger partial charge in [0.1, 0.15) is 4.90 Å². The topological polar surface area (TPSA) is 90.0 Å². The second kappa shape index (κ2) is 6.18. The number of anilines is 1. The number of aromatic nitrogens is 2. The predicted molar refractivity (Wildman–Crippen MR) is 81.4 cm³/mol. The van der Waals surface area contributed by atoms with Crippen molar-refractivity contribution in [2.24, 2.45) is 12.8 Å². The van der Waals surface area contributed by atoms with Gasteiger partial charge in [0.05, 0.1) is 23.5 Å². The van der Waals surface area contributed by atoms with Gasteiger partial charge in [-0.05, 0) is 18.2 Å². The van der Waals surface area contributed by atoms with E-state index in [-0.39, 0.29) is 16.5 Å². The average molecular weight is 325 g/mol. The van der Waals surface area contributed by atoms with Crippen molar-refractivity contribution < 1.29 is 8.42 Å². The summed E-state index contributed by atoms with van der Waals surface area (Å²) in [6.45, 7) is 0.222. The SMILES string of the molecule is Cn1cc(NS(=O)(=O)c2ccc(C#CCN)cc2Cl)cn1. The summed E-state index contributed by atoms with van der Waals surface area (Å²) in [5.41, 5.74) is 6.25. The van der Waals surface area contributed by atoms with Gasteiger partial charge in [-0.1, -0.05) is 23.4 Å². The van der Waals surface area contributed by atoms with Gasteiger partial charge in [0.15, 0.2) is 0 Å². The molecule has 0 aliphatic carbocycles. The van der Waals surface area contributed by atoms with Crippen molar-refractivity contribution in [2.75, 3.05) is 11.3 Å². The van der Waals surface area contributed by atoms with Crippen LogP contribution in [0.3, 0.4) is 0 Å². The van der Waals surface area contributed by atoms with Crippen molar-refractivity contribution in [3.63, 3.8) is 0 Å². The Balaban J connectivity index is 2.32. The van der Waals surface area contributed by atoms with E-state index in [0.29, 0.717) is 11.3 Å². The van der Waals surface area contributed by atoms with Crippen LogP contribution < -0.4 is 10.5 Å². The highest BCUT2D eigenvalue weighted by Gasteiger charge is 2.18. The molecule has 1 heterocycles. The molecular formula is C13H13ClN4O2S. The lowest BCUT2D eigenvalue weighted by atomic mass is 10.2. The summed E-state index contributed by atoms with van der Waals surface area (Å²) in [5.74, 6) is 5.46. The van der Waals surface area contributed by atoms with E-state index in [9.17, 15) is 8.42 Å². The average Bonchev–Trinajstić information content (AvgIpc) is 2.80. The van der Waals surface area contributed by atoms with E-state index in [0.717, 1.165) is 0 Å². The first-order valence-corrected chi connectivity index (χ1v) is 7.78. The zero-order chi connectivity index (χ0) is 15.5. The number of nitrogens with two attached hydrogens (primary N) is 1. The number of halogens is 1. The summed E-state index contributed by atoms with van der Waals surface area (Å²) in [4.78, 5) is -0.0219. The van der Waals surface area contributed by atoms with Crippen LogP contribution in [-0.4, -0.2) is 24.7 Å². The molecule has 110 valence electrons. The summed E-state index contributed by atoms with van der Waals surface area (Å²) in [6, 6.07) is 4.47. The number of rotatable bonds is 3. The van der Waals surface area contributed by atoms with E-state index in [1.165, 1.54) is 23.0 Å². The zero-order valence-corrected chi connectivity index (χ0v) is 12.7. The summed E-state index contributed by atoms with van der Waals surface area (Å²) in [7, 11) is -2.09. The largest absolute Gasteiger partial charge is 0.320 e. The Bertz CT molecular complexity index is 818. The molecule has 2 aromatic rings. The molecule has 1 aromatic carbocycles. The molecular weight excluding hydrogens is 312 g/mol. The molecule has 0 bridgehead atoms. The third kappa shape index (κ3) is 3.76. The van der Waals surface area contributed by atoms with Crippen LogP contribution in [0.5, 0.6) is 0 Å². The lowest BCUT2D eigenvalue weighted by molar-refractivity contribution is 0.601. The summed E-state index contributed by atoms with van der Waals surface area (Å²) in [6.07, 6.45) is 2.96. The summed E-state index contributed by atoms with van der Waals surface area (Å²) >= 11 is 6.03. The number of hydrogen-bond donors (Lipinski definition) is 2. The molecule has 1 aromatic heterocycles. The lowest BCUT2D eigenvalue weighted by Gasteiger charge is -2.07. The first-order valence-electron chi connectivity index (χ1n) is 5.92. The number of benzene rings is 1. The molecule has 0 saturated carbocycles. The molecule has 0 amide bonds. The Labute approximate surface area is 128 Å². The second-order valence-electron chi connectivity index (χ2n) is 4.16. The van der Waals surface area contributed by atoms with Gasteiger partial charge in [-0.3, -0.25) is 9.40 Å². The quantitative estimate of drug-likeness (QED) is 0.830. The smallest absolute Gasteiger partial charge is 0.263 e. The van der Waals surface area contributed by atoms with Gasteiger partial charge in [-0.2, -0.15) is 5.10 Å². The second-order valence-corrected chi connectivity index (χ2v) is 6.22. The minimum atomic E-state index is -3.78. The third-order valence-corrected chi connectivity index (χ3v) is 4.38. The van der Waals surface area contributed by atoms with Gasteiger partial charge < -0.3 is 5.73 Å². The molecule has 6 nitrogen and oxygen atoms in total. The van der Waals surface area contributed by atoms with Gasteiger partial charge in [0, 0.05) is 18.8 Å². The van der Waals surface area contributed by atoms with Crippen LogP contribution in [0.4, 0.5) is 5.69 Å². The maximum Gasteiger partial charge on any atom is 0.263 e.